The van der Waals surface area contributed by atoms with E-state index >= 15 is 0 Å². The first-order valence-corrected chi connectivity index (χ1v) is 3.24. The Balaban J connectivity index is 3.26. The number of anilines is 1. The fraction of sp³-hybridized carbons (Fsp3) is 0. The van der Waals surface area contributed by atoms with Crippen LogP contribution in [0.5, 0.6) is 0 Å². The summed E-state index contributed by atoms with van der Waals surface area (Å²) in [5.41, 5.74) is 13.3. The zero-order valence-electron chi connectivity index (χ0n) is 6.41. The van der Waals surface area contributed by atoms with Crippen LogP contribution in [0.2, 0.25) is 0 Å². The van der Waals surface area contributed by atoms with Crippen molar-refractivity contribution in [1.29, 1.82) is 0 Å². The lowest BCUT2D eigenvalue weighted by molar-refractivity contribution is -0.383. The van der Waals surface area contributed by atoms with Gasteiger partial charge in [0.25, 0.3) is 5.69 Å². The third-order valence-corrected chi connectivity index (χ3v) is 1.37. The molecule has 2 N–H and O–H groups in total. The van der Waals surface area contributed by atoms with Crippen molar-refractivity contribution in [2.45, 2.75) is 0 Å². The first-order chi connectivity index (χ1) is 6.15. The van der Waals surface area contributed by atoms with Crippen molar-refractivity contribution in [3.8, 4) is 0 Å². The highest BCUT2D eigenvalue weighted by molar-refractivity contribution is 5.63. The maximum atomic E-state index is 10.4. The highest BCUT2D eigenvalue weighted by atomic mass is 16.6. The summed E-state index contributed by atoms with van der Waals surface area (Å²) >= 11 is 0. The monoisotopic (exact) mass is 179 g/mol. The van der Waals surface area contributed by atoms with Crippen LogP contribution in [-0.4, -0.2) is 4.92 Å². The summed E-state index contributed by atoms with van der Waals surface area (Å²) in [5, 5.41) is 13.6. The molecule has 0 saturated heterocycles. The number of nitrogen functional groups attached to an aromatic ring is 1. The summed E-state index contributed by atoms with van der Waals surface area (Å²) < 4.78 is 0. The number of hydrogen-bond acceptors (Lipinski definition) is 4. The van der Waals surface area contributed by atoms with Gasteiger partial charge in [0.2, 0.25) is 0 Å². The van der Waals surface area contributed by atoms with E-state index in [1.54, 1.807) is 0 Å². The lowest BCUT2D eigenvalue weighted by Gasteiger charge is -1.96. The predicted molar refractivity (Wildman–Crippen MR) is 46.3 cm³/mol. The van der Waals surface area contributed by atoms with Crippen LogP contribution in [0.4, 0.5) is 17.1 Å². The quantitative estimate of drug-likeness (QED) is 0.187. The van der Waals surface area contributed by atoms with Crippen LogP contribution in [0.1, 0.15) is 0 Å². The molecule has 0 aromatic heterocycles. The van der Waals surface area contributed by atoms with Crippen LogP contribution in [0.15, 0.2) is 23.3 Å². The summed E-state index contributed by atoms with van der Waals surface area (Å²) in [6.07, 6.45) is 0. The number of benzene rings is 1. The lowest BCUT2D eigenvalue weighted by atomic mass is 10.2. The molecule has 1 rings (SSSR count). The molecule has 7 nitrogen and oxygen atoms in total. The molecule has 0 fully saturated rings. The van der Waals surface area contributed by atoms with Crippen molar-refractivity contribution in [3.63, 3.8) is 0 Å². The summed E-state index contributed by atoms with van der Waals surface area (Å²) in [6.45, 7) is 0. The topological polar surface area (TPSA) is 118 Å². The molecule has 1 aromatic rings. The molecular weight excluding hydrogens is 174 g/mol. The Bertz CT molecular complexity index is 396. The Labute approximate surface area is 72.6 Å². The zero-order valence-corrected chi connectivity index (χ0v) is 6.41. The van der Waals surface area contributed by atoms with E-state index in [0.29, 0.717) is 0 Å². The minimum atomic E-state index is -0.633. The zero-order chi connectivity index (χ0) is 9.84. The second kappa shape index (κ2) is 3.42. The van der Waals surface area contributed by atoms with Crippen molar-refractivity contribution < 1.29 is 4.92 Å². The van der Waals surface area contributed by atoms with Gasteiger partial charge in [-0.2, -0.15) is 0 Å². The standard InChI is InChI=1S/C6H5N5O2/c7-5-2-1-4(9-10-8)3-6(5)11(12)13/h1-3H,7H2. The highest BCUT2D eigenvalue weighted by Gasteiger charge is 2.10. The molecule has 0 aliphatic heterocycles. The molecular formula is C6H5N5O2. The molecule has 0 aliphatic rings. The molecule has 0 bridgehead atoms. The first-order valence-electron chi connectivity index (χ1n) is 3.24. The van der Waals surface area contributed by atoms with Gasteiger partial charge in [0, 0.05) is 16.7 Å². The Morgan fingerprint density at radius 1 is 1.62 bits per heavy atom. The second-order valence-corrected chi connectivity index (χ2v) is 2.19. The Morgan fingerprint density at radius 3 is 2.85 bits per heavy atom. The van der Waals surface area contributed by atoms with E-state index in [1.165, 1.54) is 12.1 Å². The second-order valence-electron chi connectivity index (χ2n) is 2.19. The van der Waals surface area contributed by atoms with Gasteiger partial charge in [0.15, 0.2) is 0 Å². The molecule has 7 heteroatoms. The Morgan fingerprint density at radius 2 is 2.31 bits per heavy atom. The number of nitro groups is 1. The van der Waals surface area contributed by atoms with Gasteiger partial charge in [-0.15, -0.1) is 0 Å². The van der Waals surface area contributed by atoms with Gasteiger partial charge < -0.3 is 5.73 Å². The van der Waals surface area contributed by atoms with Crippen LogP contribution in [0.25, 0.3) is 10.4 Å². The fourth-order valence-corrected chi connectivity index (χ4v) is 0.804. The number of nitrogens with zero attached hydrogens (tertiary/aromatic N) is 4. The molecule has 0 unspecified atom stereocenters. The average molecular weight is 179 g/mol. The van der Waals surface area contributed by atoms with E-state index in [4.69, 9.17) is 11.3 Å². The molecule has 66 valence electrons. The molecule has 0 spiro atoms. The number of hydrogen-bond donors (Lipinski definition) is 1. The first kappa shape index (κ1) is 8.82. The van der Waals surface area contributed by atoms with Crippen molar-refractivity contribution in [2.24, 2.45) is 5.11 Å². The number of azide groups is 1. The third kappa shape index (κ3) is 1.85. The lowest BCUT2D eigenvalue weighted by Crippen LogP contribution is -1.94. The summed E-state index contributed by atoms with van der Waals surface area (Å²) in [7, 11) is 0. The van der Waals surface area contributed by atoms with Crippen molar-refractivity contribution >= 4 is 17.1 Å². The van der Waals surface area contributed by atoms with Gasteiger partial charge in [-0.25, -0.2) is 0 Å². The van der Waals surface area contributed by atoms with Crippen LogP contribution < -0.4 is 5.73 Å². The summed E-state index contributed by atoms with van der Waals surface area (Å²) in [5.74, 6) is 0. The molecule has 0 radical (unpaired) electrons. The highest BCUT2D eigenvalue weighted by Crippen LogP contribution is 2.26. The van der Waals surface area contributed by atoms with Gasteiger partial charge in [-0.05, 0) is 11.6 Å². The van der Waals surface area contributed by atoms with Crippen molar-refractivity contribution in [3.05, 3.63) is 38.8 Å². The van der Waals surface area contributed by atoms with E-state index in [-0.39, 0.29) is 17.1 Å². The molecule has 0 aliphatic carbocycles. The maximum absolute atomic E-state index is 10.4. The van der Waals surface area contributed by atoms with E-state index in [0.717, 1.165) is 6.07 Å². The number of rotatable bonds is 2. The van der Waals surface area contributed by atoms with Crippen LogP contribution in [0.3, 0.4) is 0 Å². The van der Waals surface area contributed by atoms with E-state index in [2.05, 4.69) is 10.0 Å². The van der Waals surface area contributed by atoms with Crippen molar-refractivity contribution in [1.82, 2.24) is 0 Å². The van der Waals surface area contributed by atoms with E-state index < -0.39 is 4.92 Å². The average Bonchev–Trinajstić information content (AvgIpc) is 2.08. The maximum Gasteiger partial charge on any atom is 0.292 e. The van der Waals surface area contributed by atoms with Gasteiger partial charge in [0.1, 0.15) is 5.69 Å². The fourth-order valence-electron chi connectivity index (χ4n) is 0.804. The van der Waals surface area contributed by atoms with E-state index in [9.17, 15) is 10.1 Å². The molecule has 0 amide bonds. The number of nitrogens with two attached hydrogens (primary N) is 1. The van der Waals surface area contributed by atoms with Crippen LogP contribution >= 0.6 is 0 Å². The van der Waals surface area contributed by atoms with Crippen LogP contribution in [0, 0.1) is 10.1 Å². The van der Waals surface area contributed by atoms with Crippen LogP contribution in [-0.2, 0) is 0 Å². The van der Waals surface area contributed by atoms with Gasteiger partial charge in [-0.3, -0.25) is 10.1 Å². The largest absolute Gasteiger partial charge is 0.393 e. The smallest absolute Gasteiger partial charge is 0.292 e. The third-order valence-electron chi connectivity index (χ3n) is 1.37. The minimum Gasteiger partial charge on any atom is -0.393 e. The van der Waals surface area contributed by atoms with E-state index in [1.807, 2.05) is 0 Å². The molecule has 0 saturated carbocycles. The summed E-state index contributed by atoms with van der Waals surface area (Å²) in [4.78, 5) is 12.2. The Hall–Kier alpha value is -2.27. The van der Waals surface area contributed by atoms with Gasteiger partial charge in [0.05, 0.1) is 4.92 Å². The van der Waals surface area contributed by atoms with Crippen molar-refractivity contribution in [2.75, 3.05) is 5.73 Å². The number of nitro benzene ring substituents is 1. The van der Waals surface area contributed by atoms with Gasteiger partial charge in [-0.1, -0.05) is 11.2 Å². The SMILES string of the molecule is [N-]=[N+]=Nc1ccc(N)c([N+](=O)[O-])c1. The normalized spacial score (nSPS) is 8.92. The minimum absolute atomic E-state index is 0.0434. The predicted octanol–water partition coefficient (Wildman–Crippen LogP) is 2.12. The summed E-state index contributed by atoms with van der Waals surface area (Å²) in [6, 6.07) is 3.85. The molecule has 0 atom stereocenters. The molecule has 0 heterocycles. The molecule has 13 heavy (non-hydrogen) atoms. The van der Waals surface area contributed by atoms with Gasteiger partial charge >= 0.3 is 0 Å². The Kier molecular flexibility index (Phi) is 2.32. The molecule has 1 aromatic carbocycles.